The van der Waals surface area contributed by atoms with E-state index in [1.165, 1.54) is 9.47 Å². The van der Waals surface area contributed by atoms with Gasteiger partial charge in [-0.15, -0.1) is 0 Å². The summed E-state index contributed by atoms with van der Waals surface area (Å²) in [5, 5.41) is 9.33. The molecule has 0 radical (unpaired) electrons. The van der Waals surface area contributed by atoms with Gasteiger partial charge in [-0.3, -0.25) is 0 Å². The van der Waals surface area contributed by atoms with Crippen molar-refractivity contribution in [2.75, 3.05) is 0 Å². The Hall–Kier alpha value is -0.0326. The normalized spacial score (nSPS) is 6.62. The van der Waals surface area contributed by atoms with Crippen molar-refractivity contribution in [1.82, 2.24) is 0 Å². The Balaban J connectivity index is 0. The SMILES string of the molecule is O=C([O-])C(=O)OP.[Li+]. The van der Waals surface area contributed by atoms with Crippen molar-refractivity contribution in [3.05, 3.63) is 0 Å². The van der Waals surface area contributed by atoms with Gasteiger partial charge in [0.2, 0.25) is 0 Å². The van der Waals surface area contributed by atoms with Crippen LogP contribution in [-0.4, -0.2) is 11.9 Å². The maximum atomic E-state index is 9.61. The zero-order chi connectivity index (χ0) is 5.86. The van der Waals surface area contributed by atoms with Crippen LogP contribution in [0, 0.1) is 0 Å². The fourth-order valence-electron chi connectivity index (χ4n) is 0.0481. The molecule has 0 aliphatic heterocycles. The Morgan fingerprint density at radius 3 is 1.88 bits per heavy atom. The Labute approximate surface area is 60.0 Å². The number of aliphatic carboxylic acids is 1. The van der Waals surface area contributed by atoms with Gasteiger partial charge in [-0.1, -0.05) is 0 Å². The van der Waals surface area contributed by atoms with Crippen LogP contribution in [0.3, 0.4) is 0 Å². The van der Waals surface area contributed by atoms with Crippen LogP contribution in [0.15, 0.2) is 0 Å². The van der Waals surface area contributed by atoms with E-state index in [9.17, 15) is 14.7 Å². The van der Waals surface area contributed by atoms with Crippen molar-refractivity contribution >= 4 is 21.4 Å². The van der Waals surface area contributed by atoms with Crippen LogP contribution < -0.4 is 24.0 Å². The molecule has 0 aliphatic rings. The monoisotopic (exact) mass is 128 g/mol. The number of carbonyl (C=O) groups is 2. The van der Waals surface area contributed by atoms with Crippen LogP contribution in [0.25, 0.3) is 0 Å². The molecule has 0 heterocycles. The van der Waals surface area contributed by atoms with Gasteiger partial charge in [0.1, 0.15) is 0 Å². The van der Waals surface area contributed by atoms with Gasteiger partial charge in [-0.2, -0.15) is 0 Å². The molecule has 0 N–H and O–H groups in total. The number of hydrogen-bond acceptors (Lipinski definition) is 4. The second-order valence-electron chi connectivity index (χ2n) is 0.693. The molecule has 0 saturated carbocycles. The third-order valence-corrected chi connectivity index (χ3v) is 0.488. The number of carboxylic acid groups (broad SMARTS) is 1. The van der Waals surface area contributed by atoms with E-state index in [-0.39, 0.29) is 18.9 Å². The molecule has 0 saturated heterocycles. The third kappa shape index (κ3) is 4.13. The van der Waals surface area contributed by atoms with Crippen LogP contribution >= 0.6 is 9.47 Å². The van der Waals surface area contributed by atoms with E-state index < -0.39 is 11.9 Å². The summed E-state index contributed by atoms with van der Waals surface area (Å²) < 4.78 is 3.63. The van der Waals surface area contributed by atoms with Gasteiger partial charge in [0, 0.05) is 0 Å². The summed E-state index contributed by atoms with van der Waals surface area (Å²) in [4.78, 5) is 18.9. The van der Waals surface area contributed by atoms with E-state index in [2.05, 4.69) is 4.52 Å². The summed E-state index contributed by atoms with van der Waals surface area (Å²) in [5.74, 6) is -3.22. The summed E-state index contributed by atoms with van der Waals surface area (Å²) in [6.07, 6.45) is 0. The molecule has 0 fully saturated rings. The van der Waals surface area contributed by atoms with Crippen molar-refractivity contribution in [3.63, 3.8) is 0 Å². The van der Waals surface area contributed by atoms with Crippen LogP contribution in [0.4, 0.5) is 0 Å². The molecule has 0 rings (SSSR count). The zero-order valence-electron chi connectivity index (χ0n) is 4.21. The molecule has 0 aromatic carbocycles. The maximum absolute atomic E-state index is 9.61. The summed E-state index contributed by atoms with van der Waals surface area (Å²) in [7, 11) is 1.49. The molecule has 0 bridgehead atoms. The quantitative estimate of drug-likeness (QED) is 0.186. The standard InChI is InChI=1S/C2H3O4P.Li/c3-1(4)2(5)6-7;/h7H2,(H,3,4);/q;+1/p-1. The minimum absolute atomic E-state index is 0. The summed E-state index contributed by atoms with van der Waals surface area (Å²) in [6.45, 7) is 0. The van der Waals surface area contributed by atoms with Gasteiger partial charge in [0.05, 0.1) is 9.47 Å². The van der Waals surface area contributed by atoms with Crippen molar-refractivity contribution < 1.29 is 38.1 Å². The van der Waals surface area contributed by atoms with Gasteiger partial charge in [-0.25, -0.2) is 4.79 Å². The van der Waals surface area contributed by atoms with Crippen LogP contribution in [0.1, 0.15) is 0 Å². The predicted octanol–water partition coefficient (Wildman–Crippen LogP) is -4.93. The van der Waals surface area contributed by atoms with Crippen LogP contribution in [0.5, 0.6) is 0 Å². The average Bonchev–Trinajstić information content (AvgIpc) is 1.65. The average molecular weight is 128 g/mol. The fourth-order valence-corrected chi connectivity index (χ4v) is 0.144. The van der Waals surface area contributed by atoms with Gasteiger partial charge in [0.25, 0.3) is 0 Å². The van der Waals surface area contributed by atoms with Crippen molar-refractivity contribution in [2.24, 2.45) is 0 Å². The smallest absolute Gasteiger partial charge is 0.539 e. The molecule has 8 heavy (non-hydrogen) atoms. The Morgan fingerprint density at radius 1 is 1.50 bits per heavy atom. The minimum atomic E-state index is -1.84. The first kappa shape index (κ1) is 10.9. The summed E-state index contributed by atoms with van der Waals surface area (Å²) in [6, 6.07) is 0. The molecule has 0 aromatic rings. The maximum Gasteiger partial charge on any atom is 1.00 e. The van der Waals surface area contributed by atoms with Gasteiger partial charge in [0.15, 0.2) is 5.97 Å². The number of carbonyl (C=O) groups excluding carboxylic acids is 2. The second-order valence-corrected chi connectivity index (χ2v) is 0.928. The van der Waals surface area contributed by atoms with Crippen molar-refractivity contribution in [2.45, 2.75) is 0 Å². The number of carboxylic acids is 1. The molecular weight excluding hydrogens is 126 g/mol. The van der Waals surface area contributed by atoms with Crippen LogP contribution in [-0.2, 0) is 14.1 Å². The molecule has 0 aromatic heterocycles. The molecule has 40 valence electrons. The fraction of sp³-hybridized carbons (Fsp3) is 0. The molecule has 0 spiro atoms. The summed E-state index contributed by atoms with van der Waals surface area (Å²) in [5.41, 5.74) is 0. The van der Waals surface area contributed by atoms with E-state index in [0.29, 0.717) is 0 Å². The first-order valence-corrected chi connectivity index (χ1v) is 1.77. The molecule has 4 nitrogen and oxygen atoms in total. The Bertz CT molecular complexity index is 102. The molecular formula is C2H2LiO4P. The van der Waals surface area contributed by atoms with Crippen LogP contribution in [0.2, 0.25) is 0 Å². The van der Waals surface area contributed by atoms with E-state index in [0.717, 1.165) is 0 Å². The molecule has 0 amide bonds. The number of hydrogen-bond donors (Lipinski definition) is 0. The van der Waals surface area contributed by atoms with Gasteiger partial charge >= 0.3 is 24.8 Å². The minimum Gasteiger partial charge on any atom is -0.539 e. The Morgan fingerprint density at radius 2 is 1.88 bits per heavy atom. The Kier molecular flexibility index (Phi) is 6.94. The topological polar surface area (TPSA) is 66.4 Å². The molecule has 0 aliphatic carbocycles. The zero-order valence-corrected chi connectivity index (χ0v) is 5.37. The third-order valence-electron chi connectivity index (χ3n) is 0.274. The van der Waals surface area contributed by atoms with Crippen molar-refractivity contribution in [3.8, 4) is 0 Å². The predicted molar refractivity (Wildman–Crippen MR) is 20.8 cm³/mol. The van der Waals surface area contributed by atoms with Gasteiger partial charge < -0.3 is 14.4 Å². The first-order chi connectivity index (χ1) is 3.18. The molecule has 1 atom stereocenters. The van der Waals surface area contributed by atoms with E-state index in [1.54, 1.807) is 0 Å². The first-order valence-electron chi connectivity index (χ1n) is 1.30. The largest absolute Gasteiger partial charge is 1.00 e. The molecule has 1 unspecified atom stereocenters. The van der Waals surface area contributed by atoms with E-state index in [4.69, 9.17) is 0 Å². The van der Waals surface area contributed by atoms with E-state index in [1.807, 2.05) is 0 Å². The second kappa shape index (κ2) is 5.11. The van der Waals surface area contributed by atoms with Gasteiger partial charge in [-0.05, 0) is 0 Å². The molecule has 6 heteroatoms. The van der Waals surface area contributed by atoms with Crippen molar-refractivity contribution in [1.29, 1.82) is 0 Å². The van der Waals surface area contributed by atoms with E-state index >= 15 is 0 Å². The summed E-state index contributed by atoms with van der Waals surface area (Å²) >= 11 is 0. The number of rotatable bonds is 0.